The number of halogens is 1. The van der Waals surface area contributed by atoms with E-state index in [9.17, 15) is 9.90 Å². The van der Waals surface area contributed by atoms with Gasteiger partial charge in [0, 0.05) is 9.90 Å². The van der Waals surface area contributed by atoms with E-state index in [1.165, 1.54) is 0 Å². The third-order valence-electron chi connectivity index (χ3n) is 2.80. The normalized spacial score (nSPS) is 12.3. The first-order valence-corrected chi connectivity index (χ1v) is 6.91. The summed E-state index contributed by atoms with van der Waals surface area (Å²) in [5.74, 6) is -1.20. The molecule has 2 aromatic rings. The third-order valence-corrected chi connectivity index (χ3v) is 4.07. The SMILES string of the molecule is O=C(O)C(Cc1cccs1)Cc1ccccc1Cl. The lowest BCUT2D eigenvalue weighted by Crippen LogP contribution is -2.18. The Kier molecular flexibility index (Phi) is 4.39. The first kappa shape index (κ1) is 13.1. The maximum Gasteiger partial charge on any atom is 0.307 e. The number of aliphatic carboxylic acids is 1. The zero-order chi connectivity index (χ0) is 13.0. The second-order valence-electron chi connectivity index (χ2n) is 4.11. The Morgan fingerprint density at radius 1 is 1.22 bits per heavy atom. The monoisotopic (exact) mass is 280 g/mol. The van der Waals surface area contributed by atoms with Crippen molar-refractivity contribution in [3.63, 3.8) is 0 Å². The molecular formula is C14H13ClO2S. The lowest BCUT2D eigenvalue weighted by atomic mass is 9.95. The first-order chi connectivity index (χ1) is 8.66. The summed E-state index contributed by atoms with van der Waals surface area (Å²) in [4.78, 5) is 12.4. The van der Waals surface area contributed by atoms with Gasteiger partial charge in [-0.1, -0.05) is 35.9 Å². The maximum absolute atomic E-state index is 11.3. The number of hydrogen-bond acceptors (Lipinski definition) is 2. The van der Waals surface area contributed by atoms with Crippen molar-refractivity contribution in [3.05, 3.63) is 57.2 Å². The Morgan fingerprint density at radius 2 is 2.00 bits per heavy atom. The largest absolute Gasteiger partial charge is 0.481 e. The van der Waals surface area contributed by atoms with Gasteiger partial charge < -0.3 is 5.11 Å². The van der Waals surface area contributed by atoms with E-state index < -0.39 is 11.9 Å². The molecular weight excluding hydrogens is 268 g/mol. The Morgan fingerprint density at radius 3 is 2.61 bits per heavy atom. The Balaban J connectivity index is 2.12. The zero-order valence-corrected chi connectivity index (χ0v) is 11.2. The van der Waals surface area contributed by atoms with Crippen LogP contribution in [0.3, 0.4) is 0 Å². The van der Waals surface area contributed by atoms with Crippen LogP contribution in [0.25, 0.3) is 0 Å². The summed E-state index contributed by atoms with van der Waals surface area (Å²) in [6, 6.07) is 11.3. The van der Waals surface area contributed by atoms with Gasteiger partial charge >= 0.3 is 5.97 Å². The molecule has 1 aromatic carbocycles. The zero-order valence-electron chi connectivity index (χ0n) is 9.67. The molecule has 2 rings (SSSR count). The van der Waals surface area contributed by atoms with Crippen molar-refractivity contribution in [1.82, 2.24) is 0 Å². The van der Waals surface area contributed by atoms with Gasteiger partial charge in [-0.25, -0.2) is 0 Å². The predicted molar refractivity (Wildman–Crippen MR) is 74.3 cm³/mol. The van der Waals surface area contributed by atoms with Crippen molar-refractivity contribution >= 4 is 28.9 Å². The van der Waals surface area contributed by atoms with Crippen LogP contribution < -0.4 is 0 Å². The van der Waals surface area contributed by atoms with Gasteiger partial charge in [0.15, 0.2) is 0 Å². The highest BCUT2D eigenvalue weighted by atomic mass is 35.5. The van der Waals surface area contributed by atoms with Gasteiger partial charge in [-0.3, -0.25) is 4.79 Å². The molecule has 4 heteroatoms. The molecule has 0 amide bonds. The average molecular weight is 281 g/mol. The molecule has 0 aliphatic rings. The minimum Gasteiger partial charge on any atom is -0.481 e. The minimum absolute atomic E-state index is 0.427. The van der Waals surface area contributed by atoms with Crippen LogP contribution in [0.5, 0.6) is 0 Å². The van der Waals surface area contributed by atoms with Crippen molar-refractivity contribution in [3.8, 4) is 0 Å². The fourth-order valence-electron chi connectivity index (χ4n) is 1.85. The van der Waals surface area contributed by atoms with Crippen molar-refractivity contribution in [1.29, 1.82) is 0 Å². The van der Waals surface area contributed by atoms with E-state index in [0.29, 0.717) is 17.9 Å². The minimum atomic E-state index is -0.775. The van der Waals surface area contributed by atoms with Crippen LogP contribution in [0, 0.1) is 5.92 Å². The summed E-state index contributed by atoms with van der Waals surface area (Å²) in [5, 5.41) is 11.9. The van der Waals surface area contributed by atoms with Gasteiger partial charge in [-0.05, 0) is 35.9 Å². The molecule has 1 aromatic heterocycles. The molecule has 0 bridgehead atoms. The fraction of sp³-hybridized carbons (Fsp3) is 0.214. The molecule has 94 valence electrons. The van der Waals surface area contributed by atoms with Crippen LogP contribution in [0.4, 0.5) is 0 Å². The van der Waals surface area contributed by atoms with Crippen LogP contribution in [-0.2, 0) is 17.6 Å². The molecule has 0 radical (unpaired) electrons. The van der Waals surface area contributed by atoms with Gasteiger partial charge in [0.2, 0.25) is 0 Å². The van der Waals surface area contributed by atoms with E-state index in [-0.39, 0.29) is 0 Å². The fourth-order valence-corrected chi connectivity index (χ4v) is 2.85. The van der Waals surface area contributed by atoms with Gasteiger partial charge in [-0.15, -0.1) is 11.3 Å². The second-order valence-corrected chi connectivity index (χ2v) is 5.55. The molecule has 0 spiro atoms. The topological polar surface area (TPSA) is 37.3 Å². The molecule has 18 heavy (non-hydrogen) atoms. The van der Waals surface area contributed by atoms with E-state index in [1.54, 1.807) is 17.4 Å². The van der Waals surface area contributed by atoms with E-state index in [4.69, 9.17) is 11.6 Å². The van der Waals surface area contributed by atoms with E-state index in [1.807, 2.05) is 35.7 Å². The number of rotatable bonds is 5. The molecule has 0 fully saturated rings. The standard InChI is InChI=1S/C14H13ClO2S/c15-13-6-2-1-4-10(13)8-11(14(16)17)9-12-5-3-7-18-12/h1-7,11H,8-9H2,(H,16,17). The van der Waals surface area contributed by atoms with Crippen molar-refractivity contribution < 1.29 is 9.90 Å². The summed E-state index contributed by atoms with van der Waals surface area (Å²) in [7, 11) is 0. The van der Waals surface area contributed by atoms with E-state index in [0.717, 1.165) is 10.4 Å². The Bertz CT molecular complexity index is 522. The molecule has 1 N–H and O–H groups in total. The molecule has 0 saturated carbocycles. The second kappa shape index (κ2) is 6.03. The number of thiophene rings is 1. The summed E-state index contributed by atoms with van der Waals surface area (Å²) in [5.41, 5.74) is 0.892. The highest BCUT2D eigenvalue weighted by Crippen LogP contribution is 2.22. The Hall–Kier alpha value is -1.32. The van der Waals surface area contributed by atoms with E-state index in [2.05, 4.69) is 0 Å². The molecule has 0 aliphatic heterocycles. The summed E-state index contributed by atoms with van der Waals surface area (Å²) < 4.78 is 0. The van der Waals surface area contributed by atoms with Crippen molar-refractivity contribution in [2.75, 3.05) is 0 Å². The van der Waals surface area contributed by atoms with Crippen LogP contribution in [-0.4, -0.2) is 11.1 Å². The highest BCUT2D eigenvalue weighted by molar-refractivity contribution is 7.09. The number of carbonyl (C=O) groups is 1. The van der Waals surface area contributed by atoms with Crippen LogP contribution in [0.15, 0.2) is 41.8 Å². The van der Waals surface area contributed by atoms with Gasteiger partial charge in [0.05, 0.1) is 5.92 Å². The van der Waals surface area contributed by atoms with Crippen molar-refractivity contribution in [2.24, 2.45) is 5.92 Å². The molecule has 0 aliphatic carbocycles. The van der Waals surface area contributed by atoms with Crippen LogP contribution in [0.1, 0.15) is 10.4 Å². The molecule has 1 atom stereocenters. The number of carboxylic acids is 1. The third kappa shape index (κ3) is 3.34. The highest BCUT2D eigenvalue weighted by Gasteiger charge is 2.20. The van der Waals surface area contributed by atoms with Crippen molar-refractivity contribution in [2.45, 2.75) is 12.8 Å². The number of benzene rings is 1. The summed E-state index contributed by atoms with van der Waals surface area (Å²) in [6.07, 6.45) is 1.02. The van der Waals surface area contributed by atoms with Crippen LogP contribution >= 0.6 is 22.9 Å². The van der Waals surface area contributed by atoms with Gasteiger partial charge in [-0.2, -0.15) is 0 Å². The quantitative estimate of drug-likeness (QED) is 0.902. The first-order valence-electron chi connectivity index (χ1n) is 5.65. The predicted octanol–water partition coefficient (Wildman–Crippen LogP) is 3.89. The lowest BCUT2D eigenvalue weighted by Gasteiger charge is -2.12. The van der Waals surface area contributed by atoms with Crippen LogP contribution in [0.2, 0.25) is 5.02 Å². The maximum atomic E-state index is 11.3. The molecule has 1 unspecified atom stereocenters. The van der Waals surface area contributed by atoms with E-state index >= 15 is 0 Å². The molecule has 2 nitrogen and oxygen atoms in total. The summed E-state index contributed by atoms with van der Waals surface area (Å²) >= 11 is 7.65. The number of carboxylic acid groups (broad SMARTS) is 1. The Labute approximate surface area is 115 Å². The lowest BCUT2D eigenvalue weighted by molar-refractivity contribution is -0.141. The molecule has 1 heterocycles. The van der Waals surface area contributed by atoms with Gasteiger partial charge in [0.25, 0.3) is 0 Å². The summed E-state index contributed by atoms with van der Waals surface area (Å²) in [6.45, 7) is 0. The number of hydrogen-bond donors (Lipinski definition) is 1. The smallest absolute Gasteiger partial charge is 0.307 e. The average Bonchev–Trinajstić information content (AvgIpc) is 2.83. The van der Waals surface area contributed by atoms with Gasteiger partial charge in [0.1, 0.15) is 0 Å². The molecule has 0 saturated heterocycles.